The Kier molecular flexibility index (Phi) is 8.36. The molecule has 144 valence electrons. The number of hydrogen-bond donors (Lipinski definition) is 1. The van der Waals surface area contributed by atoms with Gasteiger partial charge in [-0.3, -0.25) is 9.59 Å². The van der Waals surface area contributed by atoms with E-state index in [1.54, 1.807) is 31.4 Å². The highest BCUT2D eigenvalue weighted by atomic mass is 16.5. The second-order valence-corrected chi connectivity index (χ2v) is 6.37. The summed E-state index contributed by atoms with van der Waals surface area (Å²) in [6, 6.07) is 14.9. The molecule has 0 fully saturated rings. The molecule has 0 saturated carbocycles. The molecular formula is C22H27NO4. The van der Waals surface area contributed by atoms with Crippen LogP contribution in [0.15, 0.2) is 48.5 Å². The van der Waals surface area contributed by atoms with Crippen LogP contribution in [0.4, 0.5) is 0 Å². The number of ether oxygens (including phenoxy) is 2. The summed E-state index contributed by atoms with van der Waals surface area (Å²) in [5.41, 5.74) is 1.80. The van der Waals surface area contributed by atoms with Gasteiger partial charge in [-0.05, 0) is 61.7 Å². The fourth-order valence-corrected chi connectivity index (χ4v) is 2.61. The van der Waals surface area contributed by atoms with Crippen molar-refractivity contribution in [2.45, 2.75) is 32.6 Å². The first kappa shape index (κ1) is 20.5. The second kappa shape index (κ2) is 11.0. The lowest BCUT2D eigenvalue weighted by atomic mass is 10.1. The van der Waals surface area contributed by atoms with Crippen molar-refractivity contribution in [3.8, 4) is 11.5 Å². The fourth-order valence-electron chi connectivity index (χ4n) is 2.61. The van der Waals surface area contributed by atoms with Crippen LogP contribution in [0.2, 0.25) is 0 Å². The average Bonchev–Trinajstić information content (AvgIpc) is 2.67. The molecule has 0 aromatic heterocycles. The van der Waals surface area contributed by atoms with Gasteiger partial charge in [0.05, 0.1) is 13.7 Å². The first-order valence-corrected chi connectivity index (χ1v) is 9.22. The molecule has 2 rings (SSSR count). The number of nitrogens with one attached hydrogen (secondary N) is 1. The van der Waals surface area contributed by atoms with Gasteiger partial charge in [0.1, 0.15) is 11.5 Å². The summed E-state index contributed by atoms with van der Waals surface area (Å²) in [7, 11) is 1.59. The van der Waals surface area contributed by atoms with Crippen molar-refractivity contribution < 1.29 is 19.1 Å². The summed E-state index contributed by atoms with van der Waals surface area (Å²) in [6.45, 7) is 3.14. The third-order valence-corrected chi connectivity index (χ3v) is 4.12. The van der Waals surface area contributed by atoms with Crippen LogP contribution < -0.4 is 14.8 Å². The molecular weight excluding hydrogens is 342 g/mol. The summed E-state index contributed by atoms with van der Waals surface area (Å²) in [5, 5.41) is 2.86. The molecule has 2 aromatic rings. The number of carbonyl (C=O) groups is 2. The number of rotatable bonds is 11. The van der Waals surface area contributed by atoms with Gasteiger partial charge in [-0.1, -0.05) is 12.1 Å². The van der Waals surface area contributed by atoms with Gasteiger partial charge in [0.15, 0.2) is 5.78 Å². The van der Waals surface area contributed by atoms with Gasteiger partial charge in [-0.15, -0.1) is 0 Å². The molecule has 0 atom stereocenters. The lowest BCUT2D eigenvalue weighted by Crippen LogP contribution is -2.25. The minimum Gasteiger partial charge on any atom is -0.497 e. The van der Waals surface area contributed by atoms with Crippen LogP contribution in [-0.4, -0.2) is 32.0 Å². The number of hydrogen-bond acceptors (Lipinski definition) is 4. The predicted molar refractivity (Wildman–Crippen MR) is 105 cm³/mol. The molecule has 0 radical (unpaired) electrons. The smallest absolute Gasteiger partial charge is 0.220 e. The van der Waals surface area contributed by atoms with Crippen LogP contribution in [0.1, 0.15) is 41.6 Å². The normalized spacial score (nSPS) is 10.3. The van der Waals surface area contributed by atoms with E-state index in [0.717, 1.165) is 23.5 Å². The van der Waals surface area contributed by atoms with Crippen LogP contribution in [0.25, 0.3) is 0 Å². The molecule has 0 aliphatic heterocycles. The Morgan fingerprint density at radius 1 is 0.963 bits per heavy atom. The van der Waals surface area contributed by atoms with Crippen molar-refractivity contribution in [1.82, 2.24) is 5.32 Å². The van der Waals surface area contributed by atoms with E-state index in [2.05, 4.69) is 5.32 Å². The maximum absolute atomic E-state index is 12.1. The Hall–Kier alpha value is -2.82. The minimum absolute atomic E-state index is 0.0342. The molecule has 0 aliphatic carbocycles. The van der Waals surface area contributed by atoms with Crippen LogP contribution in [0, 0.1) is 6.92 Å². The first-order valence-electron chi connectivity index (χ1n) is 9.22. The van der Waals surface area contributed by atoms with Gasteiger partial charge in [0.2, 0.25) is 5.91 Å². The highest BCUT2D eigenvalue weighted by molar-refractivity contribution is 5.96. The van der Waals surface area contributed by atoms with Crippen molar-refractivity contribution in [2.24, 2.45) is 0 Å². The molecule has 1 N–H and O–H groups in total. The van der Waals surface area contributed by atoms with Gasteiger partial charge in [0.25, 0.3) is 0 Å². The molecule has 0 unspecified atom stereocenters. The number of ketones is 1. The monoisotopic (exact) mass is 369 g/mol. The van der Waals surface area contributed by atoms with Crippen LogP contribution >= 0.6 is 0 Å². The van der Waals surface area contributed by atoms with Crippen LogP contribution in [-0.2, 0) is 4.79 Å². The summed E-state index contributed by atoms with van der Waals surface area (Å²) >= 11 is 0. The molecule has 0 saturated heterocycles. The highest BCUT2D eigenvalue weighted by Gasteiger charge is 2.08. The molecule has 0 heterocycles. The standard InChI is InChI=1S/C22H27NO4/c1-17-6-3-7-20(16-17)27-15-5-14-23-22(25)9-4-8-21(24)18-10-12-19(26-2)13-11-18/h3,6-7,10-13,16H,4-5,8-9,14-15H2,1-2H3,(H,23,25). The van der Waals surface area contributed by atoms with Gasteiger partial charge in [-0.25, -0.2) is 0 Å². The largest absolute Gasteiger partial charge is 0.497 e. The van der Waals surface area contributed by atoms with Gasteiger partial charge < -0.3 is 14.8 Å². The van der Waals surface area contributed by atoms with Crippen molar-refractivity contribution in [1.29, 1.82) is 0 Å². The van der Waals surface area contributed by atoms with E-state index in [0.29, 0.717) is 38.0 Å². The van der Waals surface area contributed by atoms with E-state index in [4.69, 9.17) is 9.47 Å². The maximum Gasteiger partial charge on any atom is 0.220 e. The maximum atomic E-state index is 12.1. The summed E-state index contributed by atoms with van der Waals surface area (Å²) < 4.78 is 10.7. The van der Waals surface area contributed by atoms with E-state index >= 15 is 0 Å². The zero-order valence-corrected chi connectivity index (χ0v) is 16.0. The SMILES string of the molecule is COc1ccc(C(=O)CCCC(=O)NCCCOc2cccc(C)c2)cc1. The van der Waals surface area contributed by atoms with E-state index < -0.39 is 0 Å². The Balaban J connectivity index is 1.55. The lowest BCUT2D eigenvalue weighted by Gasteiger charge is -2.08. The van der Waals surface area contributed by atoms with E-state index in [9.17, 15) is 9.59 Å². The van der Waals surface area contributed by atoms with Crippen LogP contribution in [0.5, 0.6) is 11.5 Å². The quantitative estimate of drug-likeness (QED) is 0.481. The zero-order valence-electron chi connectivity index (χ0n) is 16.0. The number of methoxy groups -OCH3 is 1. The number of carbonyl (C=O) groups excluding carboxylic acids is 2. The van der Waals surface area contributed by atoms with Crippen LogP contribution in [0.3, 0.4) is 0 Å². The van der Waals surface area contributed by atoms with Crippen molar-refractivity contribution in [3.05, 3.63) is 59.7 Å². The molecule has 5 heteroatoms. The molecule has 0 bridgehead atoms. The summed E-state index contributed by atoms with van der Waals surface area (Å²) in [6.07, 6.45) is 1.98. The number of aryl methyl sites for hydroxylation is 1. The Labute approximate surface area is 160 Å². The van der Waals surface area contributed by atoms with E-state index in [-0.39, 0.29) is 11.7 Å². The van der Waals surface area contributed by atoms with Crippen molar-refractivity contribution in [3.63, 3.8) is 0 Å². The highest BCUT2D eigenvalue weighted by Crippen LogP contribution is 2.14. The summed E-state index contributed by atoms with van der Waals surface area (Å²) in [5.74, 6) is 1.57. The first-order chi connectivity index (χ1) is 13.1. The lowest BCUT2D eigenvalue weighted by molar-refractivity contribution is -0.121. The van der Waals surface area contributed by atoms with E-state index in [1.807, 2.05) is 31.2 Å². The predicted octanol–water partition coefficient (Wildman–Crippen LogP) is 3.94. The van der Waals surface area contributed by atoms with Gasteiger partial charge >= 0.3 is 0 Å². The third-order valence-electron chi connectivity index (χ3n) is 4.12. The van der Waals surface area contributed by atoms with Crippen molar-refractivity contribution >= 4 is 11.7 Å². The number of benzene rings is 2. The average molecular weight is 369 g/mol. The topological polar surface area (TPSA) is 64.6 Å². The zero-order chi connectivity index (χ0) is 19.5. The molecule has 27 heavy (non-hydrogen) atoms. The summed E-state index contributed by atoms with van der Waals surface area (Å²) in [4.78, 5) is 23.9. The Bertz CT molecular complexity index is 740. The van der Waals surface area contributed by atoms with E-state index in [1.165, 1.54) is 0 Å². The van der Waals surface area contributed by atoms with Gasteiger partial charge in [-0.2, -0.15) is 0 Å². The number of amides is 1. The molecule has 2 aromatic carbocycles. The Morgan fingerprint density at radius 3 is 2.44 bits per heavy atom. The number of Topliss-reactive ketones (excluding diaryl/α,β-unsaturated/α-hetero) is 1. The third kappa shape index (κ3) is 7.52. The molecule has 1 amide bonds. The molecule has 5 nitrogen and oxygen atoms in total. The Morgan fingerprint density at radius 2 is 1.74 bits per heavy atom. The van der Waals surface area contributed by atoms with Gasteiger partial charge in [0, 0.05) is 24.9 Å². The van der Waals surface area contributed by atoms with Crippen molar-refractivity contribution in [2.75, 3.05) is 20.3 Å². The molecule has 0 spiro atoms. The molecule has 0 aliphatic rings. The minimum atomic E-state index is -0.0342. The fraction of sp³-hybridized carbons (Fsp3) is 0.364. The second-order valence-electron chi connectivity index (χ2n) is 6.37.